The first-order chi connectivity index (χ1) is 16.3. The molecule has 7 heteroatoms. The Hall–Kier alpha value is -3.58. The van der Waals surface area contributed by atoms with Crippen LogP contribution in [0.25, 0.3) is 5.69 Å². The molecule has 0 atom stereocenters. The summed E-state index contributed by atoms with van der Waals surface area (Å²) in [6, 6.07) is 28.5. The lowest BCUT2D eigenvalue weighted by molar-refractivity contribution is -0.118. The standard InChI is InChI=1S/C26H26N4O2S/c1-32-24-15-9-8-14-23(24)30-19-28-29-26(30)33-18-25(31)27-17-16-22(20-10-4-2-5-11-20)21-12-6-3-7-13-21/h2-15,19,22H,16-18H2,1H3,(H,27,31). The van der Waals surface area contributed by atoms with Gasteiger partial charge in [0.25, 0.3) is 0 Å². The number of carbonyl (C=O) groups is 1. The van der Waals surface area contributed by atoms with E-state index in [1.165, 1.54) is 22.9 Å². The predicted octanol–water partition coefficient (Wildman–Crippen LogP) is 4.71. The quantitative estimate of drug-likeness (QED) is 0.349. The summed E-state index contributed by atoms with van der Waals surface area (Å²) in [5, 5.41) is 11.9. The first-order valence-electron chi connectivity index (χ1n) is 10.8. The molecule has 4 rings (SSSR count). The number of hydrogen-bond donors (Lipinski definition) is 1. The molecule has 4 aromatic rings. The van der Waals surface area contributed by atoms with Crippen molar-refractivity contribution in [3.63, 3.8) is 0 Å². The number of rotatable bonds is 10. The minimum atomic E-state index is -0.0329. The fourth-order valence-corrected chi connectivity index (χ4v) is 4.50. The number of hydrogen-bond acceptors (Lipinski definition) is 5. The minimum absolute atomic E-state index is 0.0329. The largest absolute Gasteiger partial charge is 0.495 e. The Balaban J connectivity index is 1.34. The van der Waals surface area contributed by atoms with E-state index < -0.39 is 0 Å². The van der Waals surface area contributed by atoms with E-state index in [4.69, 9.17) is 4.74 Å². The molecule has 3 aromatic carbocycles. The highest BCUT2D eigenvalue weighted by molar-refractivity contribution is 7.99. The molecule has 0 aliphatic heterocycles. The molecule has 0 aliphatic carbocycles. The van der Waals surface area contributed by atoms with Crippen LogP contribution < -0.4 is 10.1 Å². The lowest BCUT2D eigenvalue weighted by Crippen LogP contribution is -2.27. The van der Waals surface area contributed by atoms with Crippen LogP contribution in [-0.4, -0.2) is 40.1 Å². The number of nitrogens with zero attached hydrogens (tertiary/aromatic N) is 3. The number of amides is 1. The highest BCUT2D eigenvalue weighted by Crippen LogP contribution is 2.28. The van der Waals surface area contributed by atoms with Crippen molar-refractivity contribution in [1.82, 2.24) is 20.1 Å². The van der Waals surface area contributed by atoms with Gasteiger partial charge in [-0.3, -0.25) is 9.36 Å². The minimum Gasteiger partial charge on any atom is -0.495 e. The summed E-state index contributed by atoms with van der Waals surface area (Å²) in [6.07, 6.45) is 2.45. The van der Waals surface area contributed by atoms with Gasteiger partial charge in [-0.15, -0.1) is 10.2 Å². The van der Waals surface area contributed by atoms with Crippen LogP contribution in [0.2, 0.25) is 0 Å². The summed E-state index contributed by atoms with van der Waals surface area (Å²) in [5.74, 6) is 1.18. The monoisotopic (exact) mass is 458 g/mol. The third-order valence-electron chi connectivity index (χ3n) is 5.35. The van der Waals surface area contributed by atoms with Crippen LogP contribution in [0.1, 0.15) is 23.5 Å². The van der Waals surface area contributed by atoms with Crippen molar-refractivity contribution in [3.05, 3.63) is 102 Å². The maximum atomic E-state index is 12.5. The van der Waals surface area contributed by atoms with Gasteiger partial charge in [0.15, 0.2) is 5.16 Å². The molecule has 0 fully saturated rings. The molecule has 1 N–H and O–H groups in total. The van der Waals surface area contributed by atoms with Gasteiger partial charge in [-0.25, -0.2) is 0 Å². The number of thioether (sulfide) groups is 1. The normalized spacial score (nSPS) is 10.8. The van der Waals surface area contributed by atoms with Gasteiger partial charge in [-0.1, -0.05) is 84.6 Å². The van der Waals surface area contributed by atoms with E-state index in [1.54, 1.807) is 13.4 Å². The molecule has 0 radical (unpaired) electrons. The summed E-state index contributed by atoms with van der Waals surface area (Å²) < 4.78 is 7.26. The van der Waals surface area contributed by atoms with Gasteiger partial charge in [0.1, 0.15) is 12.1 Å². The second-order valence-corrected chi connectivity index (χ2v) is 8.40. The van der Waals surface area contributed by atoms with E-state index in [0.717, 1.165) is 17.9 Å². The summed E-state index contributed by atoms with van der Waals surface area (Å²) in [4.78, 5) is 12.5. The fraction of sp³-hybridized carbons (Fsp3) is 0.192. The van der Waals surface area contributed by atoms with Gasteiger partial charge >= 0.3 is 0 Å². The second kappa shape index (κ2) is 11.3. The zero-order chi connectivity index (χ0) is 22.9. The fourth-order valence-electron chi connectivity index (χ4n) is 3.75. The SMILES string of the molecule is COc1ccccc1-n1cnnc1SCC(=O)NCCC(c1ccccc1)c1ccccc1. The molecular weight excluding hydrogens is 432 g/mol. The summed E-state index contributed by atoms with van der Waals surface area (Å²) >= 11 is 1.35. The molecule has 0 saturated heterocycles. The van der Waals surface area contributed by atoms with Gasteiger partial charge < -0.3 is 10.1 Å². The molecule has 6 nitrogen and oxygen atoms in total. The average Bonchev–Trinajstić information content (AvgIpc) is 3.35. The molecule has 0 spiro atoms. The Morgan fingerprint density at radius 2 is 1.61 bits per heavy atom. The van der Waals surface area contributed by atoms with Crippen molar-refractivity contribution in [2.45, 2.75) is 17.5 Å². The first kappa shape index (κ1) is 22.6. The molecule has 0 saturated carbocycles. The van der Waals surface area contributed by atoms with Crippen LogP contribution in [-0.2, 0) is 4.79 Å². The number of ether oxygens (including phenoxy) is 1. The lowest BCUT2D eigenvalue weighted by Gasteiger charge is -2.18. The number of para-hydroxylation sites is 2. The predicted molar refractivity (Wildman–Crippen MR) is 131 cm³/mol. The third-order valence-corrected chi connectivity index (χ3v) is 6.30. The van der Waals surface area contributed by atoms with Gasteiger partial charge in [0.2, 0.25) is 5.91 Å². The zero-order valence-corrected chi connectivity index (χ0v) is 19.2. The van der Waals surface area contributed by atoms with E-state index in [1.807, 2.05) is 41.0 Å². The Kier molecular flexibility index (Phi) is 7.76. The van der Waals surface area contributed by atoms with Gasteiger partial charge in [0.05, 0.1) is 18.6 Å². The smallest absolute Gasteiger partial charge is 0.230 e. The maximum Gasteiger partial charge on any atom is 0.230 e. The van der Waals surface area contributed by atoms with Crippen LogP contribution in [0.4, 0.5) is 0 Å². The first-order valence-corrected chi connectivity index (χ1v) is 11.8. The van der Waals surface area contributed by atoms with Crippen molar-refractivity contribution in [2.24, 2.45) is 0 Å². The number of methoxy groups -OCH3 is 1. The number of carbonyl (C=O) groups excluding carboxylic acids is 1. The van der Waals surface area contributed by atoms with E-state index in [0.29, 0.717) is 11.7 Å². The number of nitrogens with one attached hydrogen (secondary N) is 1. The van der Waals surface area contributed by atoms with E-state index >= 15 is 0 Å². The van der Waals surface area contributed by atoms with Crippen molar-refractivity contribution < 1.29 is 9.53 Å². The van der Waals surface area contributed by atoms with Crippen LogP contribution in [0, 0.1) is 0 Å². The topological polar surface area (TPSA) is 69.0 Å². The van der Waals surface area contributed by atoms with Crippen molar-refractivity contribution in [3.8, 4) is 11.4 Å². The van der Waals surface area contributed by atoms with Crippen molar-refractivity contribution in [2.75, 3.05) is 19.4 Å². The molecule has 0 bridgehead atoms. The average molecular weight is 459 g/mol. The summed E-state index contributed by atoms with van der Waals surface area (Å²) in [6.45, 7) is 0.590. The molecule has 168 valence electrons. The van der Waals surface area contributed by atoms with E-state index in [2.05, 4.69) is 64.0 Å². The Bertz CT molecular complexity index is 1130. The second-order valence-electron chi connectivity index (χ2n) is 7.46. The number of aromatic nitrogens is 3. The van der Waals surface area contributed by atoms with Crippen LogP contribution in [0.3, 0.4) is 0 Å². The molecule has 1 heterocycles. The summed E-state index contributed by atoms with van der Waals surface area (Å²) in [5.41, 5.74) is 3.33. The molecule has 1 amide bonds. The van der Waals surface area contributed by atoms with Crippen LogP contribution in [0.5, 0.6) is 5.75 Å². The van der Waals surface area contributed by atoms with Crippen molar-refractivity contribution in [1.29, 1.82) is 0 Å². The highest BCUT2D eigenvalue weighted by Gasteiger charge is 2.16. The van der Waals surface area contributed by atoms with Crippen LogP contribution >= 0.6 is 11.8 Å². The molecule has 0 unspecified atom stereocenters. The molecule has 33 heavy (non-hydrogen) atoms. The zero-order valence-electron chi connectivity index (χ0n) is 18.4. The Labute approximate surface area is 198 Å². The number of benzene rings is 3. The molecule has 1 aromatic heterocycles. The third kappa shape index (κ3) is 5.81. The van der Waals surface area contributed by atoms with E-state index in [9.17, 15) is 4.79 Å². The highest BCUT2D eigenvalue weighted by atomic mass is 32.2. The van der Waals surface area contributed by atoms with Gasteiger partial charge in [-0.2, -0.15) is 0 Å². The van der Waals surface area contributed by atoms with Gasteiger partial charge in [0, 0.05) is 12.5 Å². The Morgan fingerprint density at radius 3 is 2.27 bits per heavy atom. The lowest BCUT2D eigenvalue weighted by atomic mass is 9.88. The Morgan fingerprint density at radius 1 is 0.970 bits per heavy atom. The van der Waals surface area contributed by atoms with Crippen molar-refractivity contribution >= 4 is 17.7 Å². The maximum absolute atomic E-state index is 12.5. The van der Waals surface area contributed by atoms with E-state index in [-0.39, 0.29) is 17.6 Å². The summed E-state index contributed by atoms with van der Waals surface area (Å²) in [7, 11) is 1.63. The molecule has 0 aliphatic rings. The molecular formula is C26H26N4O2S. The van der Waals surface area contributed by atoms with Crippen LogP contribution in [0.15, 0.2) is 96.4 Å². The van der Waals surface area contributed by atoms with Gasteiger partial charge in [-0.05, 0) is 29.7 Å².